The number of ketones is 1. The van der Waals surface area contributed by atoms with E-state index in [2.05, 4.69) is 19.6 Å². The normalized spacial score (nSPS) is 50.6. The summed E-state index contributed by atoms with van der Waals surface area (Å²) in [6.07, 6.45) is 5.36. The van der Waals surface area contributed by atoms with Crippen LogP contribution in [0, 0.1) is 28.6 Å². The number of carbonyl (C=O) groups excluding carboxylic acids is 2. The number of allylic oxidation sites excluding steroid dienone is 2. The summed E-state index contributed by atoms with van der Waals surface area (Å²) in [4.78, 5) is 24.4. The predicted octanol–water partition coefficient (Wildman–Crippen LogP) is 2.73. The lowest BCUT2D eigenvalue weighted by atomic mass is 9.45. The zero-order valence-electron chi connectivity index (χ0n) is 15.8. The Morgan fingerprint density at radius 2 is 2.04 bits per heavy atom. The van der Waals surface area contributed by atoms with Crippen molar-refractivity contribution in [2.75, 3.05) is 0 Å². The minimum Gasteiger partial charge on any atom is -0.515 e. The monoisotopic (exact) mass is 392 g/mol. The molecule has 0 heterocycles. The van der Waals surface area contributed by atoms with Crippen molar-refractivity contribution in [3.63, 3.8) is 0 Å². The van der Waals surface area contributed by atoms with Crippen LogP contribution < -0.4 is 0 Å². The van der Waals surface area contributed by atoms with Crippen molar-refractivity contribution in [1.82, 2.24) is 0 Å². The molecule has 0 spiro atoms. The van der Waals surface area contributed by atoms with Crippen LogP contribution >= 0.6 is 12.6 Å². The Labute approximate surface area is 164 Å². The first-order valence-corrected chi connectivity index (χ1v) is 10.3. The molecule has 3 saturated carbocycles. The molecule has 148 valence electrons. The van der Waals surface area contributed by atoms with Crippen molar-refractivity contribution in [2.24, 2.45) is 28.6 Å². The lowest BCUT2D eigenvalue weighted by Crippen LogP contribution is -2.61. The molecular formula is C21H28O5S. The minimum atomic E-state index is -1.50. The van der Waals surface area contributed by atoms with Gasteiger partial charge in [0.15, 0.2) is 5.78 Å². The van der Waals surface area contributed by atoms with E-state index in [1.807, 2.05) is 6.92 Å². The summed E-state index contributed by atoms with van der Waals surface area (Å²) >= 11 is 3.97. The second-order valence-corrected chi connectivity index (χ2v) is 9.92. The van der Waals surface area contributed by atoms with E-state index in [-0.39, 0.29) is 23.5 Å². The van der Waals surface area contributed by atoms with Gasteiger partial charge in [-0.1, -0.05) is 19.4 Å². The molecule has 0 aromatic heterocycles. The summed E-state index contributed by atoms with van der Waals surface area (Å²) in [5.41, 5.74) is -1.14. The molecule has 0 amide bonds. The summed E-state index contributed by atoms with van der Waals surface area (Å²) in [5.74, 6) is 0.0887. The number of aliphatic hydroxyl groups is 3. The summed E-state index contributed by atoms with van der Waals surface area (Å²) in [5, 5.41) is 31.3. The molecule has 5 nitrogen and oxygen atoms in total. The van der Waals surface area contributed by atoms with Crippen LogP contribution in [0.3, 0.4) is 0 Å². The third kappa shape index (κ3) is 2.33. The summed E-state index contributed by atoms with van der Waals surface area (Å²) in [6, 6.07) is 0. The van der Waals surface area contributed by atoms with Gasteiger partial charge >= 0.3 is 0 Å². The highest BCUT2D eigenvalue weighted by Crippen LogP contribution is 2.67. The first-order chi connectivity index (χ1) is 12.6. The first kappa shape index (κ1) is 19.2. The van der Waals surface area contributed by atoms with Gasteiger partial charge in [-0.3, -0.25) is 9.59 Å². The largest absolute Gasteiger partial charge is 0.515 e. The standard InChI is InChI=1S/C21H28O5S/c1-19-8-11(10-22)15(23)7-12(19)3-4-13-14-5-6-21(26,18(25)27)20(14,2)9-16(24)17(13)19/h7,10,13-14,16-17,22,24,26H,3-6,8-9H2,1-2H3,(H,25,27)/b11-10-/t13?,14-,16-,17+,19-,20-,21-/m0/s1. The van der Waals surface area contributed by atoms with Gasteiger partial charge in [-0.05, 0) is 67.8 Å². The van der Waals surface area contributed by atoms with Crippen LogP contribution in [0.5, 0.6) is 0 Å². The average molecular weight is 393 g/mol. The van der Waals surface area contributed by atoms with Crippen LogP contribution in [0.2, 0.25) is 0 Å². The number of carbonyl (C=O) groups is 2. The maximum Gasteiger partial charge on any atom is 0.218 e. The SMILES string of the molecule is C[C@]12C/C(=C/O)C(=O)C=C1CCC1[C@@H]2[C@@H](O)C[C@@]2(C)[C@H]1CC[C@]2(O)C(=O)S. The molecule has 0 aliphatic heterocycles. The van der Waals surface area contributed by atoms with Crippen LogP contribution in [0.4, 0.5) is 0 Å². The van der Waals surface area contributed by atoms with Gasteiger partial charge in [-0.15, -0.1) is 12.6 Å². The molecule has 0 saturated heterocycles. The lowest BCUT2D eigenvalue weighted by Gasteiger charge is -2.60. The van der Waals surface area contributed by atoms with E-state index in [9.17, 15) is 24.9 Å². The van der Waals surface area contributed by atoms with Crippen LogP contribution in [0.15, 0.2) is 23.5 Å². The predicted molar refractivity (Wildman–Crippen MR) is 103 cm³/mol. The quantitative estimate of drug-likeness (QED) is 0.313. The Bertz CT molecular complexity index is 773. The zero-order valence-corrected chi connectivity index (χ0v) is 16.7. The highest BCUT2D eigenvalue weighted by atomic mass is 32.1. The molecule has 0 bridgehead atoms. The van der Waals surface area contributed by atoms with Crippen molar-refractivity contribution in [1.29, 1.82) is 0 Å². The highest BCUT2D eigenvalue weighted by molar-refractivity contribution is 7.96. The van der Waals surface area contributed by atoms with Crippen molar-refractivity contribution in [2.45, 2.75) is 64.1 Å². The second kappa shape index (κ2) is 5.94. The van der Waals surface area contributed by atoms with Gasteiger partial charge < -0.3 is 15.3 Å². The highest BCUT2D eigenvalue weighted by Gasteiger charge is 2.68. The van der Waals surface area contributed by atoms with E-state index in [1.165, 1.54) is 0 Å². The van der Waals surface area contributed by atoms with E-state index in [0.717, 1.165) is 31.1 Å². The van der Waals surface area contributed by atoms with Gasteiger partial charge in [0.2, 0.25) is 5.12 Å². The Morgan fingerprint density at radius 3 is 2.67 bits per heavy atom. The minimum absolute atomic E-state index is 0.0593. The zero-order chi connectivity index (χ0) is 19.8. The summed E-state index contributed by atoms with van der Waals surface area (Å²) < 4.78 is 0. The molecule has 3 N–H and O–H groups in total. The van der Waals surface area contributed by atoms with Crippen LogP contribution in [0.25, 0.3) is 0 Å². The van der Waals surface area contributed by atoms with Crippen LogP contribution in [-0.2, 0) is 9.59 Å². The van der Waals surface area contributed by atoms with Crippen molar-refractivity contribution in [3.8, 4) is 0 Å². The topological polar surface area (TPSA) is 94.8 Å². The molecule has 3 fully saturated rings. The van der Waals surface area contributed by atoms with Crippen molar-refractivity contribution >= 4 is 23.5 Å². The number of rotatable bonds is 1. The van der Waals surface area contributed by atoms with Gasteiger partial charge in [0, 0.05) is 11.0 Å². The Morgan fingerprint density at radius 1 is 1.33 bits per heavy atom. The van der Waals surface area contributed by atoms with Gasteiger partial charge in [0.05, 0.1) is 12.4 Å². The lowest BCUT2D eigenvalue weighted by molar-refractivity contribution is -0.173. The maximum absolute atomic E-state index is 12.2. The summed E-state index contributed by atoms with van der Waals surface area (Å²) in [7, 11) is 0. The maximum atomic E-state index is 12.2. The first-order valence-electron chi connectivity index (χ1n) is 9.81. The molecule has 4 aliphatic carbocycles. The third-order valence-corrected chi connectivity index (χ3v) is 8.88. The third-order valence-electron chi connectivity index (χ3n) is 8.51. The van der Waals surface area contributed by atoms with Crippen molar-refractivity contribution in [3.05, 3.63) is 23.5 Å². The molecule has 4 aliphatic rings. The number of thiol groups is 1. The number of fused-ring (bicyclic) bond motifs is 5. The van der Waals surface area contributed by atoms with Gasteiger partial charge in [-0.25, -0.2) is 0 Å². The van der Waals surface area contributed by atoms with E-state index in [0.29, 0.717) is 24.8 Å². The number of aliphatic hydroxyl groups excluding tert-OH is 2. The molecule has 0 aromatic rings. The fourth-order valence-electron chi connectivity index (χ4n) is 7.14. The fourth-order valence-corrected chi connectivity index (χ4v) is 7.51. The fraction of sp³-hybridized carbons (Fsp3) is 0.714. The Hall–Kier alpha value is -1.11. The molecule has 1 unspecified atom stereocenters. The van der Waals surface area contributed by atoms with E-state index in [1.54, 1.807) is 6.08 Å². The van der Waals surface area contributed by atoms with Crippen LogP contribution in [0.1, 0.15) is 52.4 Å². The van der Waals surface area contributed by atoms with Crippen molar-refractivity contribution < 1.29 is 24.9 Å². The van der Waals surface area contributed by atoms with E-state index < -0.39 is 27.7 Å². The van der Waals surface area contributed by atoms with Gasteiger partial charge in [0.25, 0.3) is 0 Å². The molecule has 6 heteroatoms. The molecule has 4 rings (SSSR count). The Balaban J connectivity index is 1.77. The Kier molecular flexibility index (Phi) is 4.23. The number of hydrogen-bond acceptors (Lipinski definition) is 5. The molecule has 0 radical (unpaired) electrons. The van der Waals surface area contributed by atoms with Gasteiger partial charge in [0.1, 0.15) is 5.60 Å². The molecular weight excluding hydrogens is 364 g/mol. The smallest absolute Gasteiger partial charge is 0.218 e. The molecule has 27 heavy (non-hydrogen) atoms. The summed E-state index contributed by atoms with van der Waals surface area (Å²) in [6.45, 7) is 4.01. The van der Waals surface area contributed by atoms with E-state index in [4.69, 9.17) is 0 Å². The van der Waals surface area contributed by atoms with E-state index >= 15 is 0 Å². The van der Waals surface area contributed by atoms with Gasteiger partial charge in [-0.2, -0.15) is 0 Å². The average Bonchev–Trinajstić information content (AvgIpc) is 2.87. The van der Waals surface area contributed by atoms with Crippen LogP contribution in [-0.4, -0.2) is 37.9 Å². The second-order valence-electron chi connectivity index (χ2n) is 9.51. The molecule has 7 atom stereocenters. The molecule has 0 aromatic carbocycles. The number of hydrogen-bond donors (Lipinski definition) is 4.